The lowest BCUT2D eigenvalue weighted by Gasteiger charge is -2.28. The lowest BCUT2D eigenvalue weighted by molar-refractivity contribution is 0.185. The van der Waals surface area contributed by atoms with E-state index in [0.717, 1.165) is 19.6 Å². The Hall–Kier alpha value is -1.59. The van der Waals surface area contributed by atoms with Gasteiger partial charge in [0, 0.05) is 20.2 Å². The van der Waals surface area contributed by atoms with Crippen LogP contribution in [0, 0.1) is 0 Å². The summed E-state index contributed by atoms with van der Waals surface area (Å²) in [6.07, 6.45) is 0. The molecule has 5 nitrogen and oxygen atoms in total. The zero-order valence-corrected chi connectivity index (χ0v) is 12.5. The molecule has 0 aliphatic carbocycles. The van der Waals surface area contributed by atoms with Gasteiger partial charge in [-0.2, -0.15) is 0 Å². The highest BCUT2D eigenvalue weighted by atomic mass is 16.5. The topological polar surface area (TPSA) is 54.1 Å². The van der Waals surface area contributed by atoms with Gasteiger partial charge in [-0.3, -0.25) is 4.99 Å². The van der Waals surface area contributed by atoms with Gasteiger partial charge in [0.25, 0.3) is 0 Å². The van der Waals surface area contributed by atoms with Crippen LogP contribution in [-0.4, -0.2) is 56.6 Å². The van der Waals surface area contributed by atoms with E-state index in [2.05, 4.69) is 53.2 Å². The van der Waals surface area contributed by atoms with Crippen molar-refractivity contribution < 1.29 is 4.74 Å². The quantitative estimate of drug-likeness (QED) is 0.844. The first-order valence-electron chi connectivity index (χ1n) is 6.91. The van der Waals surface area contributed by atoms with Crippen LogP contribution in [0.3, 0.4) is 0 Å². The smallest absolute Gasteiger partial charge is 0.191 e. The van der Waals surface area contributed by atoms with Crippen LogP contribution in [0.4, 0.5) is 0 Å². The Kier molecular flexibility index (Phi) is 4.98. The van der Waals surface area contributed by atoms with Gasteiger partial charge in [0.15, 0.2) is 5.96 Å². The highest BCUT2D eigenvalue weighted by molar-refractivity contribution is 5.80. The van der Waals surface area contributed by atoms with Gasteiger partial charge in [0.2, 0.25) is 0 Å². The van der Waals surface area contributed by atoms with Gasteiger partial charge >= 0.3 is 0 Å². The molecule has 20 heavy (non-hydrogen) atoms. The van der Waals surface area contributed by atoms with Gasteiger partial charge in [-0.25, -0.2) is 0 Å². The summed E-state index contributed by atoms with van der Waals surface area (Å²) in [6.45, 7) is 3.25. The molecule has 0 saturated carbocycles. The summed E-state index contributed by atoms with van der Waals surface area (Å²) in [5.41, 5.74) is 8.45. The molecule has 5 heteroatoms. The molecule has 1 unspecified atom stereocenters. The second-order valence-electron chi connectivity index (χ2n) is 5.39. The molecular weight excluding hydrogens is 252 g/mol. The van der Waals surface area contributed by atoms with Crippen molar-refractivity contribution >= 4 is 5.96 Å². The summed E-state index contributed by atoms with van der Waals surface area (Å²) in [7, 11) is 5.85. The van der Waals surface area contributed by atoms with E-state index < -0.39 is 0 Å². The fourth-order valence-corrected chi connectivity index (χ4v) is 2.40. The van der Waals surface area contributed by atoms with Crippen molar-refractivity contribution in [3.63, 3.8) is 0 Å². The van der Waals surface area contributed by atoms with Crippen LogP contribution < -0.4 is 5.73 Å². The highest BCUT2D eigenvalue weighted by Gasteiger charge is 2.26. The van der Waals surface area contributed by atoms with E-state index in [-0.39, 0.29) is 6.04 Å². The Labute approximate surface area is 121 Å². The number of ether oxygens (including phenoxy) is 1. The van der Waals surface area contributed by atoms with Crippen molar-refractivity contribution in [2.24, 2.45) is 10.7 Å². The fraction of sp³-hybridized carbons (Fsp3) is 0.533. The minimum Gasteiger partial charge on any atom is -0.380 e. The minimum absolute atomic E-state index is 0.256. The van der Waals surface area contributed by atoms with Crippen molar-refractivity contribution in [1.29, 1.82) is 0 Å². The highest BCUT2D eigenvalue weighted by Crippen LogP contribution is 2.25. The van der Waals surface area contributed by atoms with Gasteiger partial charge in [-0.1, -0.05) is 24.3 Å². The van der Waals surface area contributed by atoms with E-state index in [9.17, 15) is 0 Å². The van der Waals surface area contributed by atoms with Crippen LogP contribution in [0.25, 0.3) is 0 Å². The van der Waals surface area contributed by atoms with Crippen molar-refractivity contribution in [2.45, 2.75) is 12.6 Å². The van der Waals surface area contributed by atoms with Crippen molar-refractivity contribution in [3.8, 4) is 0 Å². The molecule has 0 fully saturated rings. The molecule has 1 aliphatic rings. The van der Waals surface area contributed by atoms with Gasteiger partial charge in [0.1, 0.15) is 0 Å². The Morgan fingerprint density at radius 1 is 1.35 bits per heavy atom. The summed E-state index contributed by atoms with van der Waals surface area (Å²) in [5, 5.41) is 0. The normalized spacial score (nSPS) is 18.7. The molecule has 2 N–H and O–H groups in total. The summed E-state index contributed by atoms with van der Waals surface area (Å²) in [5.74, 6) is 0.651. The van der Waals surface area contributed by atoms with Crippen LogP contribution in [0.15, 0.2) is 29.3 Å². The maximum absolute atomic E-state index is 6.01. The van der Waals surface area contributed by atoms with E-state index in [1.807, 2.05) is 0 Å². The van der Waals surface area contributed by atoms with Gasteiger partial charge < -0.3 is 20.3 Å². The maximum atomic E-state index is 6.01. The third-order valence-corrected chi connectivity index (χ3v) is 3.56. The van der Waals surface area contributed by atoms with Crippen LogP contribution in [0.5, 0.6) is 0 Å². The molecule has 1 aromatic carbocycles. The zero-order chi connectivity index (χ0) is 14.5. The number of hydrogen-bond acceptors (Lipinski definition) is 5. The molecule has 1 aromatic rings. The van der Waals surface area contributed by atoms with Crippen molar-refractivity contribution in [2.75, 3.05) is 40.8 Å². The number of aliphatic imine (C=N–C) groups is 1. The average Bonchev–Trinajstić information content (AvgIpc) is 2.79. The Morgan fingerprint density at radius 3 is 2.65 bits per heavy atom. The first-order valence-corrected chi connectivity index (χ1v) is 6.91. The van der Waals surface area contributed by atoms with Crippen molar-refractivity contribution in [3.05, 3.63) is 35.4 Å². The molecule has 0 amide bonds. The molecule has 1 aliphatic heterocycles. The lowest BCUT2D eigenvalue weighted by atomic mass is 10.0. The maximum Gasteiger partial charge on any atom is 0.191 e. The molecule has 1 heterocycles. The molecule has 0 saturated heterocycles. The second kappa shape index (κ2) is 6.72. The Morgan fingerprint density at radius 2 is 2.05 bits per heavy atom. The van der Waals surface area contributed by atoms with Crippen molar-refractivity contribution in [1.82, 2.24) is 9.80 Å². The summed E-state index contributed by atoms with van der Waals surface area (Å²) >= 11 is 0. The number of nitrogens with zero attached hydrogens (tertiary/aromatic N) is 3. The van der Waals surface area contributed by atoms with E-state index in [1.165, 1.54) is 11.1 Å². The summed E-state index contributed by atoms with van der Waals surface area (Å²) in [6, 6.07) is 8.77. The molecule has 1 atom stereocenters. The van der Waals surface area contributed by atoms with Crippen LogP contribution in [0.1, 0.15) is 17.2 Å². The zero-order valence-electron chi connectivity index (χ0n) is 12.5. The molecule has 110 valence electrons. The standard InChI is InChI=1S/C15H24N4O/c1-18(2)8-9-19-14(10-17-15(19)16)13-6-4-12(5-7-13)11-20-3/h4-7,14H,8-11H2,1-3H3,(H2,16,17). The number of hydrogen-bond donors (Lipinski definition) is 1. The third-order valence-electron chi connectivity index (χ3n) is 3.56. The van der Waals surface area contributed by atoms with Crippen LogP contribution in [0.2, 0.25) is 0 Å². The van der Waals surface area contributed by atoms with Gasteiger partial charge in [-0.15, -0.1) is 0 Å². The predicted octanol–water partition coefficient (Wildman–Crippen LogP) is 1.07. The Balaban J connectivity index is 2.06. The average molecular weight is 276 g/mol. The molecule has 2 rings (SSSR count). The van der Waals surface area contributed by atoms with E-state index in [4.69, 9.17) is 10.5 Å². The molecule has 0 spiro atoms. The number of nitrogens with two attached hydrogens (primary N) is 1. The number of rotatable bonds is 6. The summed E-state index contributed by atoms with van der Waals surface area (Å²) < 4.78 is 5.14. The predicted molar refractivity (Wildman–Crippen MR) is 81.6 cm³/mol. The SMILES string of the molecule is COCc1ccc(C2CN=C(N)N2CCN(C)C)cc1. The number of guanidine groups is 1. The first-order chi connectivity index (χ1) is 9.61. The van der Waals surface area contributed by atoms with Crippen LogP contribution in [-0.2, 0) is 11.3 Å². The molecule has 0 bridgehead atoms. The van der Waals surface area contributed by atoms with Gasteiger partial charge in [-0.05, 0) is 25.2 Å². The number of methoxy groups -OCH3 is 1. The van der Waals surface area contributed by atoms with E-state index >= 15 is 0 Å². The number of likely N-dealkylation sites (N-methyl/N-ethyl adjacent to an activating group) is 1. The second-order valence-corrected chi connectivity index (χ2v) is 5.39. The molecular formula is C15H24N4O. The minimum atomic E-state index is 0.256. The Bertz CT molecular complexity index is 455. The first kappa shape index (κ1) is 14.8. The van der Waals surface area contributed by atoms with E-state index in [1.54, 1.807) is 7.11 Å². The van der Waals surface area contributed by atoms with Crippen LogP contribution >= 0.6 is 0 Å². The number of benzene rings is 1. The molecule has 0 radical (unpaired) electrons. The van der Waals surface area contributed by atoms with Gasteiger partial charge in [0.05, 0.1) is 19.2 Å². The molecule has 0 aromatic heterocycles. The summed E-state index contributed by atoms with van der Waals surface area (Å²) in [4.78, 5) is 8.73. The fourth-order valence-electron chi connectivity index (χ4n) is 2.40. The van der Waals surface area contributed by atoms with E-state index in [0.29, 0.717) is 12.6 Å². The lowest BCUT2D eigenvalue weighted by Crippen LogP contribution is -2.40. The third kappa shape index (κ3) is 3.49. The largest absolute Gasteiger partial charge is 0.380 e. The monoisotopic (exact) mass is 276 g/mol.